The molecule has 2 heterocycles. The van der Waals surface area contributed by atoms with Crippen molar-refractivity contribution in [3.63, 3.8) is 0 Å². The number of anilines is 1. The molecule has 0 aliphatic carbocycles. The first-order valence-corrected chi connectivity index (χ1v) is 11.4. The molecular formula is C23H23N3O2S2. The van der Waals surface area contributed by atoms with Gasteiger partial charge in [0.1, 0.15) is 21.7 Å². The topological polar surface area (TPSA) is 75.0 Å². The molecule has 1 aromatic carbocycles. The number of carbonyl (C=O) groups excluding carboxylic acids is 1. The van der Waals surface area contributed by atoms with Gasteiger partial charge in [-0.05, 0) is 38.3 Å². The van der Waals surface area contributed by atoms with Crippen molar-refractivity contribution in [3.05, 3.63) is 62.4 Å². The van der Waals surface area contributed by atoms with E-state index in [1.807, 2.05) is 19.2 Å². The Balaban J connectivity index is 1.86. The fourth-order valence-corrected chi connectivity index (χ4v) is 4.71. The summed E-state index contributed by atoms with van der Waals surface area (Å²) in [5, 5.41) is 16.0. The molecule has 0 aliphatic heterocycles. The third-order valence-electron chi connectivity index (χ3n) is 4.73. The smallest absolute Gasteiger partial charge is 0.341 e. The van der Waals surface area contributed by atoms with Crippen LogP contribution >= 0.6 is 22.7 Å². The second-order valence-electron chi connectivity index (χ2n) is 6.61. The maximum absolute atomic E-state index is 12.3. The van der Waals surface area contributed by atoms with Gasteiger partial charge in [-0.1, -0.05) is 31.2 Å². The van der Waals surface area contributed by atoms with Crippen LogP contribution in [0.15, 0.2) is 35.8 Å². The summed E-state index contributed by atoms with van der Waals surface area (Å²) in [7, 11) is 0. The van der Waals surface area contributed by atoms with Gasteiger partial charge in [-0.2, -0.15) is 5.26 Å². The monoisotopic (exact) mass is 437 g/mol. The number of nitrogens with zero attached hydrogens (tertiary/aromatic N) is 2. The van der Waals surface area contributed by atoms with E-state index in [9.17, 15) is 10.1 Å². The highest BCUT2D eigenvalue weighted by atomic mass is 32.1. The van der Waals surface area contributed by atoms with E-state index in [0.29, 0.717) is 27.8 Å². The number of nitrogens with one attached hydrogen (secondary N) is 1. The van der Waals surface area contributed by atoms with Crippen molar-refractivity contribution in [2.75, 3.05) is 11.9 Å². The third-order valence-corrected chi connectivity index (χ3v) is 6.74. The molecule has 0 saturated heterocycles. The van der Waals surface area contributed by atoms with Crippen molar-refractivity contribution >= 4 is 39.2 Å². The van der Waals surface area contributed by atoms with E-state index in [1.165, 1.54) is 28.2 Å². The minimum Gasteiger partial charge on any atom is -0.462 e. The molecule has 0 bridgehead atoms. The van der Waals surface area contributed by atoms with Crippen LogP contribution < -0.4 is 5.32 Å². The van der Waals surface area contributed by atoms with E-state index in [2.05, 4.69) is 47.6 Å². The molecule has 0 unspecified atom stereocenters. The van der Waals surface area contributed by atoms with Gasteiger partial charge in [-0.3, -0.25) is 0 Å². The van der Waals surface area contributed by atoms with E-state index in [4.69, 9.17) is 4.74 Å². The molecule has 7 heteroatoms. The molecule has 0 aliphatic rings. The van der Waals surface area contributed by atoms with Crippen LogP contribution in [0, 0.1) is 25.2 Å². The number of ether oxygens (including phenoxy) is 1. The Morgan fingerprint density at radius 1 is 1.27 bits per heavy atom. The largest absolute Gasteiger partial charge is 0.462 e. The standard InChI is InChI=1S/C23H23N3O2S2/c1-5-16-7-9-17(10-8-16)19-13-29-21(26-19)18(11-24)12-25-22-20(23(27)28-6-2)14(3)15(4)30-22/h7-10,12-13,25H,5-6H2,1-4H3. The van der Waals surface area contributed by atoms with E-state index in [0.717, 1.165) is 28.1 Å². The molecule has 0 radical (unpaired) electrons. The van der Waals surface area contributed by atoms with Crippen LogP contribution in [-0.4, -0.2) is 17.6 Å². The average molecular weight is 438 g/mol. The summed E-state index contributed by atoms with van der Waals surface area (Å²) >= 11 is 2.88. The van der Waals surface area contributed by atoms with Crippen LogP contribution in [0.3, 0.4) is 0 Å². The van der Waals surface area contributed by atoms with Crippen LogP contribution in [0.25, 0.3) is 16.8 Å². The summed E-state index contributed by atoms with van der Waals surface area (Å²) in [5.74, 6) is -0.360. The summed E-state index contributed by atoms with van der Waals surface area (Å²) in [6.07, 6.45) is 2.60. The molecule has 3 aromatic rings. The van der Waals surface area contributed by atoms with Crippen molar-refractivity contribution in [3.8, 4) is 17.3 Å². The van der Waals surface area contributed by atoms with E-state index in [-0.39, 0.29) is 5.97 Å². The number of esters is 1. The van der Waals surface area contributed by atoms with Crippen LogP contribution in [0.5, 0.6) is 0 Å². The molecular weight excluding hydrogens is 414 g/mol. The Hall–Kier alpha value is -2.95. The number of hydrogen-bond acceptors (Lipinski definition) is 7. The lowest BCUT2D eigenvalue weighted by Gasteiger charge is -2.05. The Bertz CT molecular complexity index is 1120. The maximum atomic E-state index is 12.3. The van der Waals surface area contributed by atoms with Crippen molar-refractivity contribution < 1.29 is 9.53 Å². The number of aromatic nitrogens is 1. The van der Waals surface area contributed by atoms with Gasteiger partial charge in [0.2, 0.25) is 0 Å². The second-order valence-corrected chi connectivity index (χ2v) is 8.69. The molecule has 3 rings (SSSR count). The summed E-state index contributed by atoms with van der Waals surface area (Å²) in [6.45, 7) is 8.07. The van der Waals surface area contributed by atoms with E-state index in [1.54, 1.807) is 13.1 Å². The zero-order valence-corrected chi connectivity index (χ0v) is 19.0. The van der Waals surface area contributed by atoms with Gasteiger partial charge in [0.15, 0.2) is 0 Å². The zero-order valence-electron chi connectivity index (χ0n) is 17.4. The van der Waals surface area contributed by atoms with Gasteiger partial charge >= 0.3 is 5.97 Å². The van der Waals surface area contributed by atoms with Crippen LogP contribution in [0.1, 0.15) is 45.2 Å². The van der Waals surface area contributed by atoms with Gasteiger partial charge < -0.3 is 10.1 Å². The highest BCUT2D eigenvalue weighted by molar-refractivity contribution is 7.16. The van der Waals surface area contributed by atoms with E-state index < -0.39 is 0 Å². The van der Waals surface area contributed by atoms with Crippen LogP contribution in [-0.2, 0) is 11.2 Å². The fourth-order valence-electron chi connectivity index (χ4n) is 2.90. The second kappa shape index (κ2) is 9.70. The summed E-state index contributed by atoms with van der Waals surface area (Å²) in [5.41, 5.74) is 4.96. The Morgan fingerprint density at radius 3 is 2.63 bits per heavy atom. The Kier molecular flexibility index (Phi) is 7.03. The summed E-state index contributed by atoms with van der Waals surface area (Å²) < 4.78 is 5.18. The van der Waals surface area contributed by atoms with Crippen LogP contribution in [0.4, 0.5) is 5.00 Å². The zero-order chi connectivity index (χ0) is 21.7. The van der Waals surface area contributed by atoms with Crippen molar-refractivity contribution in [2.24, 2.45) is 0 Å². The fraction of sp³-hybridized carbons (Fsp3) is 0.261. The molecule has 154 valence electrons. The predicted molar refractivity (Wildman–Crippen MR) is 124 cm³/mol. The highest BCUT2D eigenvalue weighted by Crippen LogP contribution is 2.34. The third kappa shape index (κ3) is 4.61. The number of aryl methyl sites for hydroxylation is 2. The quantitative estimate of drug-likeness (QED) is 0.352. The Morgan fingerprint density at radius 2 is 2.00 bits per heavy atom. The van der Waals surface area contributed by atoms with Crippen molar-refractivity contribution in [1.29, 1.82) is 5.26 Å². The molecule has 2 aromatic heterocycles. The molecule has 0 amide bonds. The number of thiazole rings is 1. The number of hydrogen-bond donors (Lipinski definition) is 1. The first-order chi connectivity index (χ1) is 14.5. The van der Waals surface area contributed by atoms with Gasteiger partial charge in [0.05, 0.1) is 17.9 Å². The lowest BCUT2D eigenvalue weighted by molar-refractivity contribution is 0.0527. The van der Waals surface area contributed by atoms with Crippen molar-refractivity contribution in [2.45, 2.75) is 34.1 Å². The molecule has 5 nitrogen and oxygen atoms in total. The Labute approximate surface area is 184 Å². The maximum Gasteiger partial charge on any atom is 0.341 e. The first-order valence-electron chi connectivity index (χ1n) is 9.67. The molecule has 0 saturated carbocycles. The molecule has 30 heavy (non-hydrogen) atoms. The lowest BCUT2D eigenvalue weighted by atomic mass is 10.1. The summed E-state index contributed by atoms with van der Waals surface area (Å²) in [6, 6.07) is 10.5. The highest BCUT2D eigenvalue weighted by Gasteiger charge is 2.20. The number of benzene rings is 1. The van der Waals surface area contributed by atoms with Crippen LogP contribution in [0.2, 0.25) is 0 Å². The molecule has 0 fully saturated rings. The number of rotatable bonds is 7. The molecule has 0 atom stereocenters. The number of thiophene rings is 1. The van der Waals surface area contributed by atoms with Crippen molar-refractivity contribution in [1.82, 2.24) is 4.98 Å². The van der Waals surface area contributed by atoms with Gasteiger partial charge in [0.25, 0.3) is 0 Å². The average Bonchev–Trinajstić information content (AvgIpc) is 3.34. The number of carbonyl (C=O) groups is 1. The predicted octanol–water partition coefficient (Wildman–Crippen LogP) is 6.20. The first kappa shape index (κ1) is 21.8. The number of nitriles is 1. The van der Waals surface area contributed by atoms with Gasteiger partial charge in [-0.15, -0.1) is 22.7 Å². The number of allylic oxidation sites excluding steroid dienone is 1. The van der Waals surface area contributed by atoms with Gasteiger partial charge in [-0.25, -0.2) is 9.78 Å². The lowest BCUT2D eigenvalue weighted by Crippen LogP contribution is -2.07. The SMILES string of the molecule is CCOC(=O)c1c(NC=C(C#N)c2nc(-c3ccc(CC)cc3)cs2)sc(C)c1C. The molecule has 1 N–H and O–H groups in total. The van der Waals surface area contributed by atoms with E-state index >= 15 is 0 Å². The molecule has 0 spiro atoms. The normalized spacial score (nSPS) is 11.2. The minimum absolute atomic E-state index is 0.313. The summed E-state index contributed by atoms with van der Waals surface area (Å²) in [4.78, 5) is 18.0. The minimum atomic E-state index is -0.360. The van der Waals surface area contributed by atoms with Gasteiger partial charge in [0, 0.05) is 22.0 Å².